The van der Waals surface area contributed by atoms with Crippen LogP contribution in [0.4, 0.5) is 4.79 Å². The van der Waals surface area contributed by atoms with Gasteiger partial charge in [0.1, 0.15) is 6.04 Å². The molecule has 4 amide bonds. The fraction of sp³-hybridized carbons (Fsp3) is 0.261. The highest BCUT2D eigenvalue weighted by molar-refractivity contribution is 6.31. The third kappa shape index (κ3) is 4.88. The summed E-state index contributed by atoms with van der Waals surface area (Å²) < 4.78 is 2.03. The summed E-state index contributed by atoms with van der Waals surface area (Å²) in [6.45, 7) is 1.29. The predicted octanol–water partition coefficient (Wildman–Crippen LogP) is 3.31. The molecule has 1 aliphatic heterocycles. The molecule has 160 valence electrons. The molecule has 1 atom stereocenters. The molecule has 1 unspecified atom stereocenters. The second-order valence-corrected chi connectivity index (χ2v) is 7.95. The molecule has 0 saturated carbocycles. The Balaban J connectivity index is 1.23. The molecule has 2 heterocycles. The molecule has 7 nitrogen and oxygen atoms in total. The lowest BCUT2D eigenvalue weighted by Crippen LogP contribution is -2.33. The van der Waals surface area contributed by atoms with Crippen LogP contribution in [0, 0.1) is 0 Å². The zero-order valence-corrected chi connectivity index (χ0v) is 17.6. The fourth-order valence-corrected chi connectivity index (χ4v) is 3.89. The van der Waals surface area contributed by atoms with Crippen LogP contribution in [0.15, 0.2) is 60.8 Å². The molecule has 1 aromatic heterocycles. The summed E-state index contributed by atoms with van der Waals surface area (Å²) in [5, 5.41) is 7.30. The minimum absolute atomic E-state index is 0.155. The van der Waals surface area contributed by atoms with Gasteiger partial charge in [-0.05, 0) is 35.6 Å². The normalized spacial score (nSPS) is 16.0. The van der Waals surface area contributed by atoms with Crippen LogP contribution in [0.5, 0.6) is 0 Å². The first kappa shape index (κ1) is 20.9. The van der Waals surface area contributed by atoms with Crippen LogP contribution < -0.4 is 10.6 Å². The Morgan fingerprint density at radius 3 is 2.71 bits per heavy atom. The highest BCUT2D eigenvalue weighted by Crippen LogP contribution is 2.20. The van der Waals surface area contributed by atoms with Gasteiger partial charge in [0.2, 0.25) is 5.91 Å². The van der Waals surface area contributed by atoms with Gasteiger partial charge in [0.25, 0.3) is 5.91 Å². The van der Waals surface area contributed by atoms with Gasteiger partial charge in [0.05, 0.1) is 6.54 Å². The van der Waals surface area contributed by atoms with Crippen LogP contribution in [0.2, 0.25) is 5.02 Å². The fourth-order valence-electron chi connectivity index (χ4n) is 3.72. The standard InChI is InChI=1S/C23H23ClN4O3/c24-18-7-6-17-10-12-27(20(17)14-18)13-11-25-21(29)9-8-19-22(30)28(23(31)26-19)15-16-4-2-1-3-5-16/h1-7,10,12,14,19H,8-9,11,13,15H2,(H,25,29)(H,26,31). The van der Waals surface area contributed by atoms with E-state index < -0.39 is 12.1 Å². The van der Waals surface area contributed by atoms with Crippen LogP contribution in [-0.4, -0.2) is 39.9 Å². The van der Waals surface area contributed by atoms with Gasteiger partial charge in [-0.3, -0.25) is 14.5 Å². The largest absolute Gasteiger partial charge is 0.354 e. The smallest absolute Gasteiger partial charge is 0.325 e. The zero-order valence-electron chi connectivity index (χ0n) is 16.9. The van der Waals surface area contributed by atoms with Crippen molar-refractivity contribution >= 4 is 40.3 Å². The van der Waals surface area contributed by atoms with Crippen LogP contribution in [0.3, 0.4) is 0 Å². The number of fused-ring (bicyclic) bond motifs is 1. The summed E-state index contributed by atoms with van der Waals surface area (Å²) in [6, 6.07) is 16.0. The van der Waals surface area contributed by atoms with Crippen molar-refractivity contribution in [1.29, 1.82) is 0 Å². The van der Waals surface area contributed by atoms with Gasteiger partial charge in [-0.25, -0.2) is 4.79 Å². The van der Waals surface area contributed by atoms with E-state index in [0.717, 1.165) is 16.5 Å². The van der Waals surface area contributed by atoms with E-state index in [9.17, 15) is 14.4 Å². The molecule has 8 heteroatoms. The Kier molecular flexibility index (Phi) is 6.23. The molecule has 3 aromatic rings. The maximum absolute atomic E-state index is 12.6. The van der Waals surface area contributed by atoms with E-state index in [0.29, 0.717) is 18.1 Å². The van der Waals surface area contributed by atoms with Crippen LogP contribution in [0.25, 0.3) is 10.9 Å². The third-order valence-electron chi connectivity index (χ3n) is 5.36. The number of aromatic nitrogens is 1. The Bertz CT molecular complexity index is 1110. The van der Waals surface area contributed by atoms with Gasteiger partial charge in [-0.2, -0.15) is 0 Å². The summed E-state index contributed by atoms with van der Waals surface area (Å²) in [4.78, 5) is 38.1. The topological polar surface area (TPSA) is 83.4 Å². The number of hydrogen-bond donors (Lipinski definition) is 2. The first-order valence-electron chi connectivity index (χ1n) is 10.2. The number of rotatable bonds is 8. The number of nitrogens with one attached hydrogen (secondary N) is 2. The number of carbonyl (C=O) groups excluding carboxylic acids is 3. The van der Waals surface area contributed by atoms with E-state index in [1.165, 1.54) is 4.90 Å². The van der Waals surface area contributed by atoms with E-state index in [1.807, 2.05) is 65.4 Å². The van der Waals surface area contributed by atoms with Crippen molar-refractivity contribution in [1.82, 2.24) is 20.1 Å². The van der Waals surface area contributed by atoms with Crippen LogP contribution in [-0.2, 0) is 22.7 Å². The first-order chi connectivity index (χ1) is 15.0. The van der Waals surface area contributed by atoms with Gasteiger partial charge in [-0.15, -0.1) is 0 Å². The van der Waals surface area contributed by atoms with Crippen molar-refractivity contribution in [2.75, 3.05) is 6.54 Å². The molecule has 2 N–H and O–H groups in total. The third-order valence-corrected chi connectivity index (χ3v) is 5.60. The molecule has 1 fully saturated rings. The Labute approximate surface area is 185 Å². The van der Waals surface area contributed by atoms with Crippen LogP contribution in [0.1, 0.15) is 18.4 Å². The highest BCUT2D eigenvalue weighted by atomic mass is 35.5. The molecular weight excluding hydrogens is 416 g/mol. The number of carbonyl (C=O) groups is 3. The number of halogens is 1. The summed E-state index contributed by atoms with van der Waals surface area (Å²) in [5.74, 6) is -0.449. The number of urea groups is 1. The minimum atomic E-state index is -0.669. The number of amides is 4. The molecule has 0 aliphatic carbocycles. The summed E-state index contributed by atoms with van der Waals surface area (Å²) in [6.07, 6.45) is 2.39. The number of benzene rings is 2. The molecule has 31 heavy (non-hydrogen) atoms. The van der Waals surface area contributed by atoms with E-state index in [-0.39, 0.29) is 31.2 Å². The van der Waals surface area contributed by atoms with Crippen molar-refractivity contribution in [3.05, 3.63) is 71.4 Å². The van der Waals surface area contributed by atoms with Crippen molar-refractivity contribution in [3.63, 3.8) is 0 Å². The average Bonchev–Trinajstić information content (AvgIpc) is 3.28. The monoisotopic (exact) mass is 438 g/mol. The van der Waals surface area contributed by atoms with Gasteiger partial charge in [0.15, 0.2) is 0 Å². The Hall–Kier alpha value is -3.32. The zero-order chi connectivity index (χ0) is 21.8. The lowest BCUT2D eigenvalue weighted by molar-refractivity contribution is -0.128. The SMILES string of the molecule is O=C(CCC1NC(=O)N(Cc2ccccc2)C1=O)NCCn1ccc2ccc(Cl)cc21. The molecule has 2 aromatic carbocycles. The van der Waals surface area contributed by atoms with E-state index >= 15 is 0 Å². The highest BCUT2D eigenvalue weighted by Gasteiger charge is 2.37. The van der Waals surface area contributed by atoms with Crippen molar-refractivity contribution in [2.45, 2.75) is 32.0 Å². The van der Waals surface area contributed by atoms with Gasteiger partial charge in [0, 0.05) is 36.2 Å². The number of hydrogen-bond acceptors (Lipinski definition) is 3. The Morgan fingerprint density at radius 1 is 1.10 bits per heavy atom. The maximum atomic E-state index is 12.6. The minimum Gasteiger partial charge on any atom is -0.354 e. The van der Waals surface area contributed by atoms with Crippen molar-refractivity contribution in [2.24, 2.45) is 0 Å². The first-order valence-corrected chi connectivity index (χ1v) is 10.6. The molecule has 1 aliphatic rings. The Morgan fingerprint density at radius 2 is 1.90 bits per heavy atom. The summed E-state index contributed by atoms with van der Waals surface area (Å²) >= 11 is 6.07. The quantitative estimate of drug-likeness (QED) is 0.529. The summed E-state index contributed by atoms with van der Waals surface area (Å²) in [7, 11) is 0. The van der Waals surface area contributed by atoms with E-state index in [1.54, 1.807) is 0 Å². The maximum Gasteiger partial charge on any atom is 0.325 e. The van der Waals surface area contributed by atoms with Gasteiger partial charge in [-0.1, -0.05) is 48.0 Å². The molecule has 1 saturated heterocycles. The van der Waals surface area contributed by atoms with Crippen molar-refractivity contribution in [3.8, 4) is 0 Å². The molecule has 0 spiro atoms. The van der Waals surface area contributed by atoms with Crippen molar-refractivity contribution < 1.29 is 14.4 Å². The molecule has 4 rings (SSSR count). The van der Waals surface area contributed by atoms with Gasteiger partial charge >= 0.3 is 6.03 Å². The van der Waals surface area contributed by atoms with Gasteiger partial charge < -0.3 is 15.2 Å². The van der Waals surface area contributed by atoms with E-state index in [4.69, 9.17) is 11.6 Å². The second-order valence-electron chi connectivity index (χ2n) is 7.51. The molecular formula is C23H23ClN4O3. The average molecular weight is 439 g/mol. The molecule has 0 bridgehead atoms. The number of imide groups is 1. The lowest BCUT2D eigenvalue weighted by atomic mass is 10.1. The number of nitrogens with zero attached hydrogens (tertiary/aromatic N) is 2. The summed E-state index contributed by atoms with van der Waals surface area (Å²) in [5.41, 5.74) is 1.89. The lowest BCUT2D eigenvalue weighted by Gasteiger charge is -2.13. The van der Waals surface area contributed by atoms with Crippen LogP contribution >= 0.6 is 11.6 Å². The van der Waals surface area contributed by atoms with E-state index in [2.05, 4.69) is 10.6 Å². The predicted molar refractivity (Wildman–Crippen MR) is 119 cm³/mol. The second kappa shape index (κ2) is 9.22. The molecule has 0 radical (unpaired) electrons.